The SMILES string of the molecule is Cc1cccc(CNc2nc3ccc(N)cc3[nH]2)n1. The third-order valence-corrected chi connectivity index (χ3v) is 2.89. The fourth-order valence-electron chi connectivity index (χ4n) is 1.98. The summed E-state index contributed by atoms with van der Waals surface area (Å²) in [6, 6.07) is 11.6. The van der Waals surface area contributed by atoms with Crippen molar-refractivity contribution in [1.29, 1.82) is 0 Å². The summed E-state index contributed by atoms with van der Waals surface area (Å²) in [6.07, 6.45) is 0. The van der Waals surface area contributed by atoms with Crippen molar-refractivity contribution >= 4 is 22.7 Å². The Bertz CT molecular complexity index is 717. The van der Waals surface area contributed by atoms with E-state index in [9.17, 15) is 0 Å². The molecule has 0 atom stereocenters. The van der Waals surface area contributed by atoms with E-state index in [1.165, 1.54) is 0 Å². The van der Waals surface area contributed by atoms with E-state index < -0.39 is 0 Å². The van der Waals surface area contributed by atoms with Gasteiger partial charge in [-0.25, -0.2) is 4.98 Å². The Hall–Kier alpha value is -2.56. The van der Waals surface area contributed by atoms with Crippen LogP contribution in [0.25, 0.3) is 11.0 Å². The van der Waals surface area contributed by atoms with E-state index in [0.29, 0.717) is 6.54 Å². The molecule has 0 spiro atoms. The first-order chi connectivity index (χ1) is 9.20. The number of rotatable bonds is 3. The molecule has 0 unspecified atom stereocenters. The molecule has 0 saturated heterocycles. The number of nitrogens with one attached hydrogen (secondary N) is 2. The van der Waals surface area contributed by atoms with Crippen LogP contribution in [0.15, 0.2) is 36.4 Å². The highest BCUT2D eigenvalue weighted by Crippen LogP contribution is 2.17. The number of imidazole rings is 1. The lowest BCUT2D eigenvalue weighted by molar-refractivity contribution is 0.998. The summed E-state index contributed by atoms with van der Waals surface area (Å²) in [5.74, 6) is 0.726. The quantitative estimate of drug-likeness (QED) is 0.626. The molecule has 0 aliphatic carbocycles. The molecule has 0 aliphatic rings. The second-order valence-corrected chi connectivity index (χ2v) is 4.49. The van der Waals surface area contributed by atoms with Crippen molar-refractivity contribution in [3.05, 3.63) is 47.8 Å². The second kappa shape index (κ2) is 4.61. The Morgan fingerprint density at radius 1 is 1.21 bits per heavy atom. The zero-order valence-electron chi connectivity index (χ0n) is 10.6. The monoisotopic (exact) mass is 253 g/mol. The number of nitrogens with zero attached hydrogens (tertiary/aromatic N) is 2. The predicted molar refractivity (Wildman–Crippen MR) is 76.8 cm³/mol. The summed E-state index contributed by atoms with van der Waals surface area (Å²) in [4.78, 5) is 12.1. The van der Waals surface area contributed by atoms with Crippen LogP contribution < -0.4 is 11.1 Å². The number of hydrogen-bond acceptors (Lipinski definition) is 4. The van der Waals surface area contributed by atoms with Gasteiger partial charge in [0.2, 0.25) is 5.95 Å². The average Bonchev–Trinajstić information content (AvgIpc) is 2.78. The zero-order valence-corrected chi connectivity index (χ0v) is 10.6. The van der Waals surface area contributed by atoms with Gasteiger partial charge < -0.3 is 16.0 Å². The zero-order chi connectivity index (χ0) is 13.2. The Morgan fingerprint density at radius 2 is 2.11 bits per heavy atom. The highest BCUT2D eigenvalue weighted by atomic mass is 15.1. The van der Waals surface area contributed by atoms with Gasteiger partial charge in [0.1, 0.15) is 0 Å². The van der Waals surface area contributed by atoms with Crippen molar-refractivity contribution in [3.63, 3.8) is 0 Å². The van der Waals surface area contributed by atoms with Crippen LogP contribution in [-0.4, -0.2) is 15.0 Å². The van der Waals surface area contributed by atoms with Gasteiger partial charge in [-0.3, -0.25) is 4.98 Å². The lowest BCUT2D eigenvalue weighted by atomic mass is 10.3. The molecular formula is C14H15N5. The van der Waals surface area contributed by atoms with Crippen molar-refractivity contribution < 1.29 is 0 Å². The summed E-state index contributed by atoms with van der Waals surface area (Å²) in [7, 11) is 0. The summed E-state index contributed by atoms with van der Waals surface area (Å²) < 4.78 is 0. The molecule has 0 fully saturated rings. The van der Waals surface area contributed by atoms with Crippen LogP contribution in [0.3, 0.4) is 0 Å². The van der Waals surface area contributed by atoms with Crippen molar-refractivity contribution in [1.82, 2.24) is 15.0 Å². The fourth-order valence-corrected chi connectivity index (χ4v) is 1.98. The number of nitrogen functional groups attached to an aromatic ring is 1. The van der Waals surface area contributed by atoms with E-state index in [4.69, 9.17) is 5.73 Å². The number of pyridine rings is 1. The smallest absolute Gasteiger partial charge is 0.201 e. The predicted octanol–water partition coefficient (Wildman–Crippen LogP) is 2.46. The van der Waals surface area contributed by atoms with Gasteiger partial charge in [-0.2, -0.15) is 0 Å². The largest absolute Gasteiger partial charge is 0.399 e. The van der Waals surface area contributed by atoms with E-state index in [0.717, 1.165) is 34.1 Å². The normalized spacial score (nSPS) is 10.8. The van der Waals surface area contributed by atoms with Crippen LogP contribution >= 0.6 is 0 Å². The number of fused-ring (bicyclic) bond motifs is 1. The first-order valence-electron chi connectivity index (χ1n) is 6.12. The standard InChI is InChI=1S/C14H15N5/c1-9-3-2-4-11(17-9)8-16-14-18-12-6-5-10(15)7-13(12)19-14/h2-7H,8,15H2,1H3,(H2,16,18,19). The van der Waals surface area contributed by atoms with Crippen LogP contribution in [0.4, 0.5) is 11.6 Å². The van der Waals surface area contributed by atoms with Gasteiger partial charge >= 0.3 is 0 Å². The van der Waals surface area contributed by atoms with E-state index in [-0.39, 0.29) is 0 Å². The average molecular weight is 253 g/mol. The Kier molecular flexibility index (Phi) is 2.79. The van der Waals surface area contributed by atoms with Gasteiger partial charge in [0.05, 0.1) is 23.3 Å². The lowest BCUT2D eigenvalue weighted by Crippen LogP contribution is -2.03. The van der Waals surface area contributed by atoms with Crippen LogP contribution in [-0.2, 0) is 6.54 Å². The minimum atomic E-state index is 0.636. The summed E-state index contributed by atoms with van der Waals surface area (Å²) in [5.41, 5.74) is 10.3. The summed E-state index contributed by atoms with van der Waals surface area (Å²) in [5, 5.41) is 3.23. The Balaban J connectivity index is 1.78. The molecule has 0 aliphatic heterocycles. The van der Waals surface area contributed by atoms with Crippen LogP contribution in [0, 0.1) is 6.92 Å². The lowest BCUT2D eigenvalue weighted by Gasteiger charge is -2.02. The highest BCUT2D eigenvalue weighted by Gasteiger charge is 2.03. The molecule has 0 amide bonds. The molecular weight excluding hydrogens is 238 g/mol. The number of aromatic amines is 1. The number of aryl methyl sites for hydroxylation is 1. The minimum Gasteiger partial charge on any atom is -0.399 e. The topological polar surface area (TPSA) is 79.6 Å². The summed E-state index contributed by atoms with van der Waals surface area (Å²) in [6.45, 7) is 2.62. The first kappa shape index (κ1) is 11.5. The van der Waals surface area contributed by atoms with Crippen molar-refractivity contribution in [2.45, 2.75) is 13.5 Å². The van der Waals surface area contributed by atoms with Gasteiger partial charge in [0.15, 0.2) is 0 Å². The number of benzene rings is 1. The van der Waals surface area contributed by atoms with Crippen molar-refractivity contribution in [2.75, 3.05) is 11.1 Å². The molecule has 3 rings (SSSR count). The Labute approximate surface area is 110 Å². The van der Waals surface area contributed by atoms with Crippen LogP contribution in [0.5, 0.6) is 0 Å². The number of aromatic nitrogens is 3. The number of anilines is 2. The number of H-pyrrole nitrogens is 1. The molecule has 0 bridgehead atoms. The van der Waals surface area contributed by atoms with E-state index in [2.05, 4.69) is 20.3 Å². The molecule has 1 aromatic carbocycles. The molecule has 5 nitrogen and oxygen atoms in total. The first-order valence-corrected chi connectivity index (χ1v) is 6.12. The van der Waals surface area contributed by atoms with Gasteiger partial charge in [0.25, 0.3) is 0 Å². The molecule has 0 radical (unpaired) electrons. The van der Waals surface area contributed by atoms with Gasteiger partial charge in [-0.1, -0.05) is 6.07 Å². The maximum atomic E-state index is 5.74. The minimum absolute atomic E-state index is 0.636. The van der Waals surface area contributed by atoms with Gasteiger partial charge in [-0.05, 0) is 37.3 Å². The van der Waals surface area contributed by atoms with Crippen LogP contribution in [0.2, 0.25) is 0 Å². The molecule has 2 aromatic heterocycles. The number of nitrogens with two attached hydrogens (primary N) is 1. The Morgan fingerprint density at radius 3 is 2.95 bits per heavy atom. The third kappa shape index (κ3) is 2.49. The second-order valence-electron chi connectivity index (χ2n) is 4.49. The molecule has 19 heavy (non-hydrogen) atoms. The molecule has 4 N–H and O–H groups in total. The maximum Gasteiger partial charge on any atom is 0.201 e. The highest BCUT2D eigenvalue weighted by molar-refractivity contribution is 5.80. The molecule has 5 heteroatoms. The van der Waals surface area contributed by atoms with Crippen molar-refractivity contribution in [2.24, 2.45) is 0 Å². The van der Waals surface area contributed by atoms with Gasteiger partial charge in [0, 0.05) is 11.4 Å². The van der Waals surface area contributed by atoms with E-state index >= 15 is 0 Å². The van der Waals surface area contributed by atoms with Crippen molar-refractivity contribution in [3.8, 4) is 0 Å². The van der Waals surface area contributed by atoms with E-state index in [1.54, 1.807) is 0 Å². The summed E-state index contributed by atoms with van der Waals surface area (Å²) >= 11 is 0. The number of hydrogen-bond donors (Lipinski definition) is 3. The molecule has 0 saturated carbocycles. The molecule has 96 valence electrons. The third-order valence-electron chi connectivity index (χ3n) is 2.89. The van der Waals surface area contributed by atoms with Crippen LogP contribution in [0.1, 0.15) is 11.4 Å². The molecule has 3 aromatic rings. The maximum absolute atomic E-state index is 5.74. The fraction of sp³-hybridized carbons (Fsp3) is 0.143. The van der Waals surface area contributed by atoms with E-state index in [1.807, 2.05) is 43.3 Å². The molecule has 2 heterocycles. The van der Waals surface area contributed by atoms with Gasteiger partial charge in [-0.15, -0.1) is 0 Å².